The largest absolute Gasteiger partial charge is 0.493 e. The topological polar surface area (TPSA) is 94.9 Å². The summed E-state index contributed by atoms with van der Waals surface area (Å²) < 4.78 is 15.1. The molecule has 0 spiro atoms. The first-order valence-electron chi connectivity index (χ1n) is 13.8. The van der Waals surface area contributed by atoms with Crippen molar-refractivity contribution < 1.29 is 29.2 Å². The van der Waals surface area contributed by atoms with Crippen molar-refractivity contribution in [1.82, 2.24) is 9.80 Å². The third kappa shape index (κ3) is 7.81. The minimum absolute atomic E-state index is 0.0875. The fourth-order valence-corrected chi connectivity index (χ4v) is 6.32. The number of ether oxygens (including phenoxy) is 3. The summed E-state index contributed by atoms with van der Waals surface area (Å²) in [5.74, 6) is -0.0113. The summed E-state index contributed by atoms with van der Waals surface area (Å²) in [5, 5.41) is 18.7. The number of carboxylic acids is 1. The third-order valence-electron chi connectivity index (χ3n) is 7.24. The predicted octanol–water partition coefficient (Wildman–Crippen LogP) is 5.35. The molecule has 3 aromatic rings. The molecule has 3 aromatic carbocycles. The molecule has 0 radical (unpaired) electrons. The number of carboxylic acid groups (broad SMARTS) is 1. The second kappa shape index (κ2) is 15.4. The Balaban J connectivity index is 0.000000230. The number of nitrogens with zero attached hydrogens (tertiary/aromatic N) is 3. The van der Waals surface area contributed by atoms with Gasteiger partial charge in [-0.05, 0) is 55.4 Å². The maximum atomic E-state index is 10.8. The Morgan fingerprint density at radius 2 is 1.45 bits per heavy atom. The molecule has 2 N–H and O–H groups in total. The van der Waals surface area contributed by atoms with E-state index in [1.807, 2.05) is 17.8 Å². The van der Waals surface area contributed by atoms with Gasteiger partial charge in [-0.2, -0.15) is 0 Å². The van der Waals surface area contributed by atoms with Crippen LogP contribution in [0, 0.1) is 0 Å². The minimum Gasteiger partial charge on any atom is -0.493 e. The van der Waals surface area contributed by atoms with E-state index in [1.165, 1.54) is 54.6 Å². The van der Waals surface area contributed by atoms with Crippen LogP contribution >= 0.6 is 23.4 Å². The van der Waals surface area contributed by atoms with Gasteiger partial charge in [0.25, 0.3) is 0 Å². The number of hydrogen-bond donors (Lipinski definition) is 2. The quantitative estimate of drug-likeness (QED) is 0.311. The van der Waals surface area contributed by atoms with Gasteiger partial charge in [0.1, 0.15) is 0 Å². The molecular formula is C31H38ClN3O6S. The molecule has 0 aromatic heterocycles. The average Bonchev–Trinajstić information content (AvgIpc) is 3.01. The van der Waals surface area contributed by atoms with Gasteiger partial charge in [0.05, 0.1) is 44.9 Å². The predicted molar refractivity (Wildman–Crippen MR) is 167 cm³/mol. The van der Waals surface area contributed by atoms with Crippen LogP contribution in [0.5, 0.6) is 17.2 Å². The van der Waals surface area contributed by atoms with E-state index in [0.717, 1.165) is 57.3 Å². The number of para-hydroxylation sites is 1. The van der Waals surface area contributed by atoms with Crippen LogP contribution in [0.4, 0.5) is 11.4 Å². The first-order valence-corrected chi connectivity index (χ1v) is 15.0. The van der Waals surface area contributed by atoms with E-state index in [-0.39, 0.29) is 12.2 Å². The van der Waals surface area contributed by atoms with Gasteiger partial charge in [-0.15, -0.1) is 0 Å². The zero-order valence-electron chi connectivity index (χ0n) is 24.2. The molecule has 2 aliphatic rings. The molecule has 5 rings (SSSR count). The molecule has 9 nitrogen and oxygen atoms in total. The molecule has 1 saturated heterocycles. The van der Waals surface area contributed by atoms with E-state index in [2.05, 4.69) is 51.1 Å². The molecule has 42 heavy (non-hydrogen) atoms. The molecule has 226 valence electrons. The molecular weight excluding hydrogens is 578 g/mol. The van der Waals surface area contributed by atoms with Gasteiger partial charge in [-0.3, -0.25) is 4.90 Å². The van der Waals surface area contributed by atoms with Crippen molar-refractivity contribution in [2.45, 2.75) is 16.2 Å². The number of β-amino-alcohol motifs (C(OH)–C–C–N with tert-alkyl or cyclic N) is 1. The van der Waals surface area contributed by atoms with E-state index in [9.17, 15) is 4.79 Å². The van der Waals surface area contributed by atoms with Crippen molar-refractivity contribution in [1.29, 1.82) is 0 Å². The fraction of sp³-hybridized carbons (Fsp3) is 0.387. The average molecular weight is 616 g/mol. The molecule has 0 saturated carbocycles. The normalized spacial score (nSPS) is 14.7. The van der Waals surface area contributed by atoms with Crippen molar-refractivity contribution in [2.75, 3.05) is 78.6 Å². The highest BCUT2D eigenvalue weighted by atomic mass is 35.5. The van der Waals surface area contributed by atoms with Crippen LogP contribution in [0.15, 0.2) is 64.4 Å². The SMILES string of the molecule is COc1cc(C(=O)O)cc(OC)c1OC.OCCN1CCN(CCCN2c3ccccc3Sc3ccc(Cl)cc32)CC1. The Labute approximate surface area is 256 Å². The lowest BCUT2D eigenvalue weighted by atomic mass is 10.2. The van der Waals surface area contributed by atoms with Crippen molar-refractivity contribution in [3.63, 3.8) is 0 Å². The lowest BCUT2D eigenvalue weighted by Gasteiger charge is -2.36. The van der Waals surface area contributed by atoms with E-state index < -0.39 is 5.97 Å². The fourth-order valence-electron chi connectivity index (χ4n) is 5.08. The number of rotatable bonds is 10. The number of fused-ring (bicyclic) bond motifs is 2. The molecule has 11 heteroatoms. The molecule has 2 aliphatic heterocycles. The smallest absolute Gasteiger partial charge is 0.335 e. The summed E-state index contributed by atoms with van der Waals surface area (Å²) >= 11 is 8.12. The molecule has 0 aliphatic carbocycles. The first-order chi connectivity index (χ1) is 20.4. The standard InChI is InChI=1S/C21H26ClN3OS.C10H12O5/c22-17-6-7-21-19(16-17)25(18-4-1-2-5-20(18)27-21)9-3-8-23-10-12-24(13-11-23)14-15-26;1-13-7-4-6(10(11)12)5-8(14-2)9(7)15-3/h1-2,4-7,16,26H,3,8-15H2;4-5H,1-3H3,(H,11,12). The zero-order valence-corrected chi connectivity index (χ0v) is 25.8. The number of benzene rings is 3. The Hall–Kier alpha value is -3.15. The van der Waals surface area contributed by atoms with E-state index >= 15 is 0 Å². The molecule has 1 fully saturated rings. The number of aromatic carboxylic acids is 1. The van der Waals surface area contributed by atoms with Crippen LogP contribution in [-0.4, -0.2) is 99.7 Å². The number of hydrogen-bond acceptors (Lipinski definition) is 9. The monoisotopic (exact) mass is 615 g/mol. The summed E-state index contributed by atoms with van der Waals surface area (Å²) in [4.78, 5) is 20.7. The van der Waals surface area contributed by atoms with Gasteiger partial charge in [0, 0.05) is 54.1 Å². The van der Waals surface area contributed by atoms with Crippen molar-refractivity contribution in [3.05, 3.63) is 65.2 Å². The van der Waals surface area contributed by atoms with Crippen LogP contribution in [0.25, 0.3) is 0 Å². The highest BCUT2D eigenvalue weighted by Crippen LogP contribution is 2.48. The summed E-state index contributed by atoms with van der Waals surface area (Å²) in [5.41, 5.74) is 2.59. The number of aliphatic hydroxyl groups is 1. The minimum atomic E-state index is -1.05. The number of methoxy groups -OCH3 is 3. The number of aliphatic hydroxyl groups excluding tert-OH is 1. The second-order valence-corrected chi connectivity index (χ2v) is 11.3. The summed E-state index contributed by atoms with van der Waals surface area (Å²) in [6.45, 7) is 7.45. The lowest BCUT2D eigenvalue weighted by Crippen LogP contribution is -2.47. The summed E-state index contributed by atoms with van der Waals surface area (Å²) in [6.07, 6.45) is 1.12. The van der Waals surface area contributed by atoms with E-state index in [4.69, 9.17) is 36.0 Å². The van der Waals surface area contributed by atoms with Gasteiger partial charge < -0.3 is 34.2 Å². The van der Waals surface area contributed by atoms with E-state index in [0.29, 0.717) is 17.2 Å². The molecule has 0 unspecified atom stereocenters. The van der Waals surface area contributed by atoms with Gasteiger partial charge >= 0.3 is 5.97 Å². The van der Waals surface area contributed by atoms with Gasteiger partial charge in [0.2, 0.25) is 5.75 Å². The zero-order chi connectivity index (χ0) is 30.1. The Kier molecular flexibility index (Phi) is 11.6. The molecule has 2 heterocycles. The number of anilines is 2. The van der Waals surface area contributed by atoms with Crippen LogP contribution < -0.4 is 19.1 Å². The lowest BCUT2D eigenvalue weighted by molar-refractivity contribution is 0.0696. The second-order valence-electron chi connectivity index (χ2n) is 9.81. The number of piperazine rings is 1. The van der Waals surface area contributed by atoms with E-state index in [1.54, 1.807) is 0 Å². The third-order valence-corrected chi connectivity index (χ3v) is 8.60. The van der Waals surface area contributed by atoms with Crippen molar-refractivity contribution >= 4 is 40.7 Å². The van der Waals surface area contributed by atoms with Gasteiger partial charge in [-0.1, -0.05) is 35.5 Å². The van der Waals surface area contributed by atoms with Crippen LogP contribution in [0.3, 0.4) is 0 Å². The molecule has 0 atom stereocenters. The van der Waals surface area contributed by atoms with Crippen molar-refractivity contribution in [3.8, 4) is 17.2 Å². The molecule has 0 bridgehead atoms. The van der Waals surface area contributed by atoms with Gasteiger partial charge in [0.15, 0.2) is 11.5 Å². The first kappa shape index (κ1) is 31.8. The van der Waals surface area contributed by atoms with Crippen molar-refractivity contribution in [2.24, 2.45) is 0 Å². The Morgan fingerprint density at radius 3 is 2.05 bits per heavy atom. The Morgan fingerprint density at radius 1 is 0.833 bits per heavy atom. The van der Waals surface area contributed by atoms with Gasteiger partial charge in [-0.25, -0.2) is 4.79 Å². The summed E-state index contributed by atoms with van der Waals surface area (Å²) in [6, 6.07) is 17.6. The highest BCUT2D eigenvalue weighted by molar-refractivity contribution is 7.99. The van der Waals surface area contributed by atoms with Crippen LogP contribution in [0.2, 0.25) is 5.02 Å². The Bertz CT molecular complexity index is 1330. The van der Waals surface area contributed by atoms with Crippen LogP contribution in [0.1, 0.15) is 16.8 Å². The van der Waals surface area contributed by atoms with Crippen LogP contribution in [-0.2, 0) is 0 Å². The highest BCUT2D eigenvalue weighted by Gasteiger charge is 2.24. The maximum absolute atomic E-state index is 10.8. The maximum Gasteiger partial charge on any atom is 0.335 e. The number of halogens is 1. The summed E-state index contributed by atoms with van der Waals surface area (Å²) in [7, 11) is 4.33. The molecule has 0 amide bonds. The number of carbonyl (C=O) groups is 1.